The van der Waals surface area contributed by atoms with E-state index in [4.69, 9.17) is 16.4 Å². The number of hydroxylamine groups is 2. The van der Waals surface area contributed by atoms with Crippen LogP contribution in [0.2, 0.25) is 5.02 Å². The molecule has 2 rings (SSSR count). The number of hydrogen-bond acceptors (Lipinski definition) is 3. The Kier molecular flexibility index (Phi) is 4.80. The maximum absolute atomic E-state index is 9.49. The number of halogens is 1. The molecular formula is C15H16ClNO2. The van der Waals surface area contributed by atoms with Gasteiger partial charge >= 0.3 is 0 Å². The van der Waals surface area contributed by atoms with Gasteiger partial charge in [0.15, 0.2) is 0 Å². The molecule has 0 unspecified atom stereocenters. The third-order valence-electron chi connectivity index (χ3n) is 2.84. The summed E-state index contributed by atoms with van der Waals surface area (Å²) in [5.74, 6) is 0.204. The molecule has 0 atom stereocenters. The SMILES string of the molecule is CON(Cc1ccccc1)Cc1cc(O)ccc1Cl. The molecule has 3 nitrogen and oxygen atoms in total. The lowest BCUT2D eigenvalue weighted by molar-refractivity contribution is -0.146. The number of hydrogen-bond donors (Lipinski definition) is 1. The third kappa shape index (κ3) is 3.96. The monoisotopic (exact) mass is 277 g/mol. The molecule has 0 spiro atoms. The van der Waals surface area contributed by atoms with Crippen LogP contribution in [0.15, 0.2) is 48.5 Å². The molecular weight excluding hydrogens is 262 g/mol. The summed E-state index contributed by atoms with van der Waals surface area (Å²) in [6, 6.07) is 14.9. The Balaban J connectivity index is 2.09. The smallest absolute Gasteiger partial charge is 0.116 e. The summed E-state index contributed by atoms with van der Waals surface area (Å²) < 4.78 is 0. The summed E-state index contributed by atoms with van der Waals surface area (Å²) >= 11 is 6.11. The Morgan fingerprint density at radius 3 is 2.53 bits per heavy atom. The van der Waals surface area contributed by atoms with Crippen LogP contribution in [0.1, 0.15) is 11.1 Å². The highest BCUT2D eigenvalue weighted by Gasteiger charge is 2.09. The zero-order valence-electron chi connectivity index (χ0n) is 10.7. The van der Waals surface area contributed by atoms with E-state index in [0.29, 0.717) is 18.1 Å². The number of rotatable bonds is 5. The van der Waals surface area contributed by atoms with E-state index in [-0.39, 0.29) is 5.75 Å². The molecule has 2 aromatic rings. The molecule has 4 heteroatoms. The van der Waals surface area contributed by atoms with E-state index < -0.39 is 0 Å². The lowest BCUT2D eigenvalue weighted by Gasteiger charge is -2.20. The van der Waals surface area contributed by atoms with E-state index in [1.807, 2.05) is 30.3 Å². The molecule has 0 radical (unpaired) electrons. The molecule has 19 heavy (non-hydrogen) atoms. The number of nitrogens with zero attached hydrogens (tertiary/aromatic N) is 1. The second-order valence-electron chi connectivity index (χ2n) is 4.24. The van der Waals surface area contributed by atoms with Gasteiger partial charge in [-0.15, -0.1) is 0 Å². The molecule has 0 saturated carbocycles. The average Bonchev–Trinajstić information content (AvgIpc) is 2.43. The van der Waals surface area contributed by atoms with E-state index in [1.165, 1.54) is 0 Å². The van der Waals surface area contributed by atoms with Gasteiger partial charge in [0, 0.05) is 11.6 Å². The van der Waals surface area contributed by atoms with Crippen LogP contribution in [0, 0.1) is 0 Å². The minimum atomic E-state index is 0.204. The standard InChI is InChI=1S/C15H16ClNO2/c1-19-17(10-12-5-3-2-4-6-12)11-13-9-14(18)7-8-15(13)16/h2-9,18H,10-11H2,1H3. The average molecular weight is 278 g/mol. The summed E-state index contributed by atoms with van der Waals surface area (Å²) in [6.07, 6.45) is 0. The van der Waals surface area contributed by atoms with Crippen LogP contribution in [-0.2, 0) is 17.9 Å². The molecule has 0 heterocycles. The van der Waals surface area contributed by atoms with Crippen molar-refractivity contribution in [1.29, 1.82) is 0 Å². The largest absolute Gasteiger partial charge is 0.508 e. The summed E-state index contributed by atoms with van der Waals surface area (Å²) in [5.41, 5.74) is 1.99. The first-order valence-electron chi connectivity index (χ1n) is 5.99. The number of phenols is 1. The summed E-state index contributed by atoms with van der Waals surface area (Å²) in [6.45, 7) is 1.17. The zero-order valence-corrected chi connectivity index (χ0v) is 11.5. The van der Waals surface area contributed by atoms with Crippen LogP contribution in [0.4, 0.5) is 0 Å². The van der Waals surface area contributed by atoms with Crippen LogP contribution in [-0.4, -0.2) is 17.3 Å². The summed E-state index contributed by atoms with van der Waals surface area (Å²) in [4.78, 5) is 5.35. The molecule has 0 amide bonds. The maximum Gasteiger partial charge on any atom is 0.116 e. The maximum atomic E-state index is 9.49. The Hall–Kier alpha value is -1.55. The first-order chi connectivity index (χ1) is 9.19. The van der Waals surface area contributed by atoms with Gasteiger partial charge in [-0.1, -0.05) is 41.9 Å². The first-order valence-corrected chi connectivity index (χ1v) is 6.37. The van der Waals surface area contributed by atoms with Crippen molar-refractivity contribution in [3.8, 4) is 5.75 Å². The van der Waals surface area contributed by atoms with Crippen LogP contribution in [0.5, 0.6) is 5.75 Å². The summed E-state index contributed by atoms with van der Waals surface area (Å²) in [5, 5.41) is 11.9. The first kappa shape index (κ1) is 13.9. The van der Waals surface area contributed by atoms with Crippen molar-refractivity contribution in [3.63, 3.8) is 0 Å². The van der Waals surface area contributed by atoms with Gasteiger partial charge in [0.05, 0.1) is 13.7 Å². The molecule has 0 aliphatic carbocycles. The Morgan fingerprint density at radius 2 is 1.84 bits per heavy atom. The van der Waals surface area contributed by atoms with Crippen LogP contribution in [0.25, 0.3) is 0 Å². The highest BCUT2D eigenvalue weighted by Crippen LogP contribution is 2.23. The van der Waals surface area contributed by atoms with Crippen LogP contribution < -0.4 is 0 Å². The molecule has 0 fully saturated rings. The van der Waals surface area contributed by atoms with Gasteiger partial charge in [-0.05, 0) is 29.3 Å². The van der Waals surface area contributed by atoms with E-state index in [1.54, 1.807) is 30.4 Å². The molecule has 1 N–H and O–H groups in total. The molecule has 100 valence electrons. The minimum Gasteiger partial charge on any atom is -0.508 e. The van der Waals surface area contributed by atoms with E-state index in [9.17, 15) is 5.11 Å². The van der Waals surface area contributed by atoms with E-state index in [0.717, 1.165) is 11.1 Å². The van der Waals surface area contributed by atoms with Gasteiger partial charge < -0.3 is 9.94 Å². The number of benzene rings is 2. The third-order valence-corrected chi connectivity index (χ3v) is 3.20. The van der Waals surface area contributed by atoms with Crippen LogP contribution >= 0.6 is 11.6 Å². The molecule has 0 aromatic heterocycles. The van der Waals surface area contributed by atoms with Gasteiger partial charge in [0.2, 0.25) is 0 Å². The van der Waals surface area contributed by atoms with Crippen molar-refractivity contribution in [1.82, 2.24) is 5.06 Å². The molecule has 0 aliphatic heterocycles. The van der Waals surface area contributed by atoms with Gasteiger partial charge in [-0.25, -0.2) is 0 Å². The second-order valence-corrected chi connectivity index (χ2v) is 4.65. The predicted octanol–water partition coefficient (Wildman–Crippen LogP) is 3.61. The fraction of sp³-hybridized carbons (Fsp3) is 0.200. The van der Waals surface area contributed by atoms with Crippen molar-refractivity contribution in [3.05, 3.63) is 64.7 Å². The normalized spacial score (nSPS) is 10.9. The fourth-order valence-electron chi connectivity index (χ4n) is 1.84. The topological polar surface area (TPSA) is 32.7 Å². The van der Waals surface area contributed by atoms with Gasteiger partial charge in [-0.3, -0.25) is 0 Å². The number of phenolic OH excluding ortho intramolecular Hbond substituents is 1. The van der Waals surface area contributed by atoms with Gasteiger partial charge in [0.1, 0.15) is 5.75 Å². The van der Waals surface area contributed by atoms with Crippen LogP contribution in [0.3, 0.4) is 0 Å². The van der Waals surface area contributed by atoms with Crippen molar-refractivity contribution in [2.24, 2.45) is 0 Å². The summed E-state index contributed by atoms with van der Waals surface area (Å²) in [7, 11) is 1.62. The highest BCUT2D eigenvalue weighted by molar-refractivity contribution is 6.31. The fourth-order valence-corrected chi connectivity index (χ4v) is 2.02. The lowest BCUT2D eigenvalue weighted by atomic mass is 10.2. The molecule has 0 saturated heterocycles. The van der Waals surface area contributed by atoms with E-state index in [2.05, 4.69) is 0 Å². The lowest BCUT2D eigenvalue weighted by Crippen LogP contribution is -2.21. The van der Waals surface area contributed by atoms with Gasteiger partial charge in [0.25, 0.3) is 0 Å². The van der Waals surface area contributed by atoms with Crippen molar-refractivity contribution in [2.75, 3.05) is 7.11 Å². The second kappa shape index (κ2) is 6.57. The van der Waals surface area contributed by atoms with Gasteiger partial charge in [-0.2, -0.15) is 5.06 Å². The molecule has 0 aliphatic rings. The predicted molar refractivity (Wildman–Crippen MR) is 75.8 cm³/mol. The van der Waals surface area contributed by atoms with E-state index >= 15 is 0 Å². The molecule has 0 bridgehead atoms. The van der Waals surface area contributed by atoms with Crippen molar-refractivity contribution >= 4 is 11.6 Å². The molecule has 2 aromatic carbocycles. The van der Waals surface area contributed by atoms with Crippen molar-refractivity contribution in [2.45, 2.75) is 13.1 Å². The number of aromatic hydroxyl groups is 1. The Morgan fingerprint density at radius 1 is 1.11 bits per heavy atom. The minimum absolute atomic E-state index is 0.204. The Bertz CT molecular complexity index is 531. The quantitative estimate of drug-likeness (QED) is 0.848. The Labute approximate surface area is 118 Å². The highest BCUT2D eigenvalue weighted by atomic mass is 35.5. The zero-order chi connectivity index (χ0) is 13.7. The van der Waals surface area contributed by atoms with Crippen molar-refractivity contribution < 1.29 is 9.94 Å².